The third-order valence-corrected chi connectivity index (χ3v) is 6.23. The summed E-state index contributed by atoms with van der Waals surface area (Å²) in [5.41, 5.74) is 3.92. The highest BCUT2D eigenvalue weighted by molar-refractivity contribution is 7.14. The maximum atomic E-state index is 13.0. The van der Waals surface area contributed by atoms with Gasteiger partial charge in [-0.2, -0.15) is 11.3 Å². The van der Waals surface area contributed by atoms with Crippen molar-refractivity contribution in [1.29, 1.82) is 0 Å². The summed E-state index contributed by atoms with van der Waals surface area (Å²) in [4.78, 5) is 19.4. The van der Waals surface area contributed by atoms with Crippen molar-refractivity contribution in [3.8, 4) is 22.1 Å². The molecular formula is C21H22N2O3S2. The van der Waals surface area contributed by atoms with E-state index in [9.17, 15) is 4.79 Å². The van der Waals surface area contributed by atoms with Gasteiger partial charge in [-0.15, -0.1) is 11.3 Å². The predicted octanol–water partition coefficient (Wildman–Crippen LogP) is 4.87. The van der Waals surface area contributed by atoms with Crippen LogP contribution in [0.1, 0.15) is 35.5 Å². The second-order valence-corrected chi connectivity index (χ2v) is 8.10. The molecule has 0 fully saturated rings. The Morgan fingerprint density at radius 3 is 2.57 bits per heavy atom. The fourth-order valence-electron chi connectivity index (χ4n) is 3.33. The van der Waals surface area contributed by atoms with Crippen LogP contribution in [0.3, 0.4) is 0 Å². The molecule has 1 aliphatic heterocycles. The van der Waals surface area contributed by atoms with Gasteiger partial charge in [-0.05, 0) is 55.0 Å². The molecular weight excluding hydrogens is 392 g/mol. The molecule has 1 aliphatic rings. The smallest absolute Gasteiger partial charge is 0.273 e. The van der Waals surface area contributed by atoms with Crippen LogP contribution in [-0.2, 0) is 13.0 Å². The average molecular weight is 415 g/mol. The minimum Gasteiger partial charge on any atom is -0.490 e. The highest BCUT2D eigenvalue weighted by Gasteiger charge is 2.25. The van der Waals surface area contributed by atoms with Crippen molar-refractivity contribution in [3.63, 3.8) is 0 Å². The van der Waals surface area contributed by atoms with E-state index in [1.54, 1.807) is 11.3 Å². The molecule has 0 spiro atoms. The molecule has 7 heteroatoms. The van der Waals surface area contributed by atoms with E-state index < -0.39 is 0 Å². The standard InChI is InChI=1S/C21H22N2O3S2/c1-3-25-18-9-14-5-7-23(11-16(14)10-19(18)26-4-2)21(24)17-13-28-20(22-17)15-6-8-27-12-15/h6,8-10,12-13H,3-5,7,11H2,1-2H3. The summed E-state index contributed by atoms with van der Waals surface area (Å²) in [5.74, 6) is 1.50. The molecule has 0 saturated heterocycles. The summed E-state index contributed by atoms with van der Waals surface area (Å²) in [7, 11) is 0. The monoisotopic (exact) mass is 414 g/mol. The molecule has 0 aliphatic carbocycles. The third-order valence-electron chi connectivity index (χ3n) is 4.66. The fraction of sp³-hybridized carbons (Fsp3) is 0.333. The molecule has 5 nitrogen and oxygen atoms in total. The first-order valence-electron chi connectivity index (χ1n) is 9.38. The number of fused-ring (bicyclic) bond motifs is 1. The number of thiazole rings is 1. The molecule has 0 unspecified atom stereocenters. The molecule has 2 aromatic heterocycles. The van der Waals surface area contributed by atoms with Crippen molar-refractivity contribution in [2.24, 2.45) is 0 Å². The zero-order chi connectivity index (χ0) is 19.5. The number of hydrogen-bond donors (Lipinski definition) is 0. The normalized spacial score (nSPS) is 13.3. The average Bonchev–Trinajstić information content (AvgIpc) is 3.39. The van der Waals surface area contributed by atoms with Crippen molar-refractivity contribution in [1.82, 2.24) is 9.88 Å². The van der Waals surface area contributed by atoms with Gasteiger partial charge < -0.3 is 14.4 Å². The van der Waals surface area contributed by atoms with Crippen LogP contribution in [0.2, 0.25) is 0 Å². The molecule has 3 aromatic rings. The molecule has 0 N–H and O–H groups in total. The van der Waals surface area contributed by atoms with Gasteiger partial charge in [0.05, 0.1) is 13.2 Å². The number of carbonyl (C=O) groups excluding carboxylic acids is 1. The van der Waals surface area contributed by atoms with E-state index in [1.165, 1.54) is 16.9 Å². The van der Waals surface area contributed by atoms with Crippen LogP contribution >= 0.6 is 22.7 Å². The summed E-state index contributed by atoms with van der Waals surface area (Å²) >= 11 is 3.14. The van der Waals surface area contributed by atoms with E-state index in [0.29, 0.717) is 32.0 Å². The minimum atomic E-state index is -0.0183. The van der Waals surface area contributed by atoms with E-state index in [2.05, 4.69) is 16.4 Å². The van der Waals surface area contributed by atoms with Crippen molar-refractivity contribution >= 4 is 28.6 Å². The number of thiophene rings is 1. The Labute approximate surface area is 172 Å². The molecule has 3 heterocycles. The largest absolute Gasteiger partial charge is 0.490 e. The number of nitrogens with zero attached hydrogens (tertiary/aromatic N) is 2. The molecule has 0 bridgehead atoms. The number of benzene rings is 1. The number of amides is 1. The molecule has 1 aromatic carbocycles. The van der Waals surface area contributed by atoms with E-state index in [1.807, 2.05) is 41.6 Å². The SMILES string of the molecule is CCOc1cc2c(cc1OCC)CN(C(=O)c1csc(-c3ccsc3)n1)CC2. The van der Waals surface area contributed by atoms with E-state index >= 15 is 0 Å². The van der Waals surface area contributed by atoms with Gasteiger partial charge in [-0.3, -0.25) is 4.79 Å². The van der Waals surface area contributed by atoms with Gasteiger partial charge in [-0.1, -0.05) is 0 Å². The van der Waals surface area contributed by atoms with Crippen LogP contribution in [0, 0.1) is 0 Å². The van der Waals surface area contributed by atoms with Gasteiger partial charge in [0.2, 0.25) is 0 Å². The lowest BCUT2D eigenvalue weighted by Crippen LogP contribution is -2.36. The van der Waals surface area contributed by atoms with Crippen LogP contribution < -0.4 is 9.47 Å². The fourth-order valence-corrected chi connectivity index (χ4v) is 4.83. The van der Waals surface area contributed by atoms with Crippen LogP contribution in [0.5, 0.6) is 11.5 Å². The molecule has 0 atom stereocenters. The number of hydrogen-bond acceptors (Lipinski definition) is 6. The Bertz CT molecular complexity index is 966. The lowest BCUT2D eigenvalue weighted by atomic mass is 9.98. The summed E-state index contributed by atoms with van der Waals surface area (Å²) in [6.45, 7) is 6.33. The van der Waals surface area contributed by atoms with Crippen molar-refractivity contribution in [2.45, 2.75) is 26.8 Å². The number of aromatic nitrogens is 1. The van der Waals surface area contributed by atoms with Gasteiger partial charge in [0, 0.05) is 29.4 Å². The maximum absolute atomic E-state index is 13.0. The number of rotatable bonds is 6. The zero-order valence-electron chi connectivity index (χ0n) is 15.9. The van der Waals surface area contributed by atoms with E-state index in [4.69, 9.17) is 9.47 Å². The van der Waals surface area contributed by atoms with Crippen LogP contribution in [0.4, 0.5) is 0 Å². The summed E-state index contributed by atoms with van der Waals surface area (Å²) in [6, 6.07) is 6.10. The van der Waals surface area contributed by atoms with Crippen molar-refractivity contribution < 1.29 is 14.3 Å². The van der Waals surface area contributed by atoms with Crippen LogP contribution in [-0.4, -0.2) is 35.5 Å². The highest BCUT2D eigenvalue weighted by atomic mass is 32.1. The van der Waals surface area contributed by atoms with Gasteiger partial charge >= 0.3 is 0 Å². The lowest BCUT2D eigenvalue weighted by Gasteiger charge is -2.29. The zero-order valence-corrected chi connectivity index (χ0v) is 17.6. The third kappa shape index (κ3) is 3.77. The minimum absolute atomic E-state index is 0.0183. The summed E-state index contributed by atoms with van der Waals surface area (Å²) in [6.07, 6.45) is 0.801. The van der Waals surface area contributed by atoms with Crippen LogP contribution in [0.15, 0.2) is 34.3 Å². The highest BCUT2D eigenvalue weighted by Crippen LogP contribution is 2.34. The molecule has 28 heavy (non-hydrogen) atoms. The molecule has 0 radical (unpaired) electrons. The van der Waals surface area contributed by atoms with Gasteiger partial charge in [0.1, 0.15) is 10.7 Å². The Kier molecular flexibility index (Phi) is 5.64. The Morgan fingerprint density at radius 2 is 1.89 bits per heavy atom. The molecule has 1 amide bonds. The van der Waals surface area contributed by atoms with Crippen molar-refractivity contribution in [3.05, 3.63) is 51.2 Å². The van der Waals surface area contributed by atoms with Gasteiger partial charge in [-0.25, -0.2) is 4.98 Å². The van der Waals surface area contributed by atoms with E-state index in [-0.39, 0.29) is 5.91 Å². The van der Waals surface area contributed by atoms with Gasteiger partial charge in [0.15, 0.2) is 11.5 Å². The van der Waals surface area contributed by atoms with Crippen LogP contribution in [0.25, 0.3) is 10.6 Å². The summed E-state index contributed by atoms with van der Waals surface area (Å²) in [5, 5.41) is 6.82. The second kappa shape index (κ2) is 8.32. The van der Waals surface area contributed by atoms with Crippen molar-refractivity contribution in [2.75, 3.05) is 19.8 Å². The Balaban J connectivity index is 1.54. The molecule has 4 rings (SSSR count). The predicted molar refractivity (Wildman–Crippen MR) is 113 cm³/mol. The second-order valence-electron chi connectivity index (χ2n) is 6.46. The summed E-state index contributed by atoms with van der Waals surface area (Å²) < 4.78 is 11.5. The number of carbonyl (C=O) groups is 1. The maximum Gasteiger partial charge on any atom is 0.273 e. The first kappa shape index (κ1) is 19.0. The van der Waals surface area contributed by atoms with E-state index in [0.717, 1.165) is 34.1 Å². The molecule has 0 saturated carbocycles. The Morgan fingerprint density at radius 1 is 1.14 bits per heavy atom. The Hall–Kier alpha value is -2.38. The topological polar surface area (TPSA) is 51.7 Å². The lowest BCUT2D eigenvalue weighted by molar-refractivity contribution is 0.0729. The quantitative estimate of drug-likeness (QED) is 0.578. The molecule has 146 valence electrons. The number of ether oxygens (including phenoxy) is 2. The first-order chi connectivity index (χ1) is 13.7. The van der Waals surface area contributed by atoms with Gasteiger partial charge in [0.25, 0.3) is 5.91 Å². The first-order valence-corrected chi connectivity index (χ1v) is 11.2.